The average molecular weight is 1600 g/mol. The van der Waals surface area contributed by atoms with Crippen molar-refractivity contribution in [1.29, 1.82) is 10.5 Å². The van der Waals surface area contributed by atoms with E-state index in [0.717, 1.165) is 22.3 Å². The lowest BCUT2D eigenvalue weighted by molar-refractivity contribution is -0.148. The Labute approximate surface area is 660 Å². The number of hydrogen-bond donors (Lipinski definition) is 2. The van der Waals surface area contributed by atoms with Crippen molar-refractivity contribution in [3.63, 3.8) is 0 Å². The number of phosphoric ester groups is 2. The fourth-order valence-electron chi connectivity index (χ4n) is 11.9. The van der Waals surface area contributed by atoms with Crippen molar-refractivity contribution < 1.29 is 113 Å². The van der Waals surface area contributed by atoms with Crippen molar-refractivity contribution in [2.45, 2.75) is 132 Å². The van der Waals surface area contributed by atoms with Gasteiger partial charge in [0.15, 0.2) is 23.8 Å². The number of carbonyl (C=O) groups excluding carboxylic acids is 8. The Morgan fingerprint density at radius 1 is 0.474 bits per heavy atom. The number of ketones is 2. The van der Waals surface area contributed by atoms with Crippen LogP contribution in [0.1, 0.15) is 136 Å². The number of benzene rings is 4. The summed E-state index contributed by atoms with van der Waals surface area (Å²) in [7, 11) is -9.70. The topological polar surface area (TPSA) is 370 Å². The van der Waals surface area contributed by atoms with Crippen LogP contribution in [0.3, 0.4) is 0 Å². The number of aliphatic hydroxyl groups excluding tert-OH is 2. The van der Waals surface area contributed by atoms with Crippen molar-refractivity contribution in [2.75, 3.05) is 26.4 Å². The minimum absolute atomic E-state index is 0.00500. The lowest BCUT2D eigenvalue weighted by atomic mass is 9.71. The molecule has 596 valence electrons. The fourth-order valence-corrected chi connectivity index (χ4v) is 14.5. The van der Waals surface area contributed by atoms with Crippen LogP contribution in [-0.4, -0.2) is 121 Å². The van der Waals surface area contributed by atoms with E-state index in [1.165, 1.54) is 48.5 Å². The molecule has 2 heterocycles. The molecule has 2 N–H and O–H groups in total. The molecular formula is C86H88N2O24P2. The monoisotopic (exact) mass is 1590 g/mol. The Morgan fingerprint density at radius 2 is 0.772 bits per heavy atom. The molecule has 0 amide bonds. The van der Waals surface area contributed by atoms with E-state index in [2.05, 4.69) is 0 Å². The summed E-state index contributed by atoms with van der Waals surface area (Å²) in [6, 6.07) is 34.1. The SMILES string of the molecule is CC1=C(/C=C/C(C)=C/C=C/C(C)=C/C=C/C=C(C)/C=C/C=C(C)/C=C/C2=C(C)C(=O)C(OP(=O)(OCCC#N)OC[C@H](O)[C@H]3OC(=O)C(OC(=O)c4ccccc4)=C3OC(=O)c3ccccc3)CC2(C)C)C(C)(C)CC(OP(=O)(OCCC#N)OC[C@H](O)[C@H]2OC(=O)C(OC(=O)c3ccccc3)=C2OC(=O)c2ccccc2)C1=O. The molecule has 0 radical (unpaired) electrons. The number of phosphoric acid groups is 2. The van der Waals surface area contributed by atoms with Gasteiger partial charge in [-0.2, -0.15) is 10.5 Å². The maximum Gasteiger partial charge on any atom is 0.475 e. The van der Waals surface area contributed by atoms with Crippen LogP contribution < -0.4 is 0 Å². The quantitative estimate of drug-likeness (QED) is 0.0140. The molecule has 8 atom stereocenters. The van der Waals surface area contributed by atoms with Crippen LogP contribution >= 0.6 is 15.6 Å². The Balaban J connectivity index is 0.842. The molecule has 4 aliphatic rings. The number of Topliss-reactive ketones (excluding diaryl/α,β-unsaturated/α-hetero) is 2. The van der Waals surface area contributed by atoms with E-state index in [1.807, 2.05) is 153 Å². The summed E-state index contributed by atoms with van der Waals surface area (Å²) in [4.78, 5) is 107. The van der Waals surface area contributed by atoms with E-state index in [9.17, 15) is 68.2 Å². The van der Waals surface area contributed by atoms with Crippen molar-refractivity contribution in [3.8, 4) is 12.1 Å². The van der Waals surface area contributed by atoms with Crippen LogP contribution in [0.15, 0.2) is 274 Å². The highest BCUT2D eigenvalue weighted by atomic mass is 31.2. The summed E-state index contributed by atoms with van der Waals surface area (Å²) in [5.41, 5.74) is 4.17. The number of allylic oxidation sites excluding steroid dienone is 20. The highest BCUT2D eigenvalue weighted by Gasteiger charge is 2.50. The summed E-state index contributed by atoms with van der Waals surface area (Å²) < 4.78 is 95.2. The summed E-state index contributed by atoms with van der Waals surface area (Å²) in [6.45, 7) is 15.5. The summed E-state index contributed by atoms with van der Waals surface area (Å²) in [5.74, 6) is -10.7. The van der Waals surface area contributed by atoms with Gasteiger partial charge in [-0.1, -0.05) is 208 Å². The fraction of sp³-hybridized carbons (Fsp3) is 0.302. The van der Waals surface area contributed by atoms with Gasteiger partial charge < -0.3 is 38.6 Å². The van der Waals surface area contributed by atoms with Gasteiger partial charge in [0, 0.05) is 0 Å². The molecule has 2 aliphatic heterocycles. The summed E-state index contributed by atoms with van der Waals surface area (Å²) >= 11 is 0. The number of carbonyl (C=O) groups is 8. The predicted octanol–water partition coefficient (Wildman–Crippen LogP) is 15.5. The Bertz CT molecular complexity index is 4600. The van der Waals surface area contributed by atoms with Gasteiger partial charge in [-0.05, 0) is 136 Å². The van der Waals surface area contributed by atoms with Gasteiger partial charge in [0.05, 0.1) is 73.7 Å². The second kappa shape index (κ2) is 41.0. The summed E-state index contributed by atoms with van der Waals surface area (Å²) in [6.07, 6.45) is 15.5. The number of cyclic esters (lactones) is 2. The molecule has 26 nitrogen and oxygen atoms in total. The van der Waals surface area contributed by atoms with Gasteiger partial charge >= 0.3 is 51.5 Å². The second-order valence-corrected chi connectivity index (χ2v) is 31.0. The number of esters is 6. The maximum absolute atomic E-state index is 14.4. The van der Waals surface area contributed by atoms with E-state index >= 15 is 0 Å². The number of nitrogens with zero attached hydrogens (tertiary/aromatic N) is 2. The van der Waals surface area contributed by atoms with Crippen LogP contribution in [-0.2, 0) is 83.9 Å². The number of ether oxygens (including phenoxy) is 6. The number of nitriles is 2. The van der Waals surface area contributed by atoms with Gasteiger partial charge in [0.2, 0.25) is 11.5 Å². The summed E-state index contributed by atoms with van der Waals surface area (Å²) in [5, 5.41) is 41.5. The average Bonchev–Trinajstić information content (AvgIpc) is 1.17. The van der Waals surface area contributed by atoms with Crippen LogP contribution in [0.5, 0.6) is 0 Å². The third-order valence-corrected chi connectivity index (χ3v) is 20.8. The van der Waals surface area contributed by atoms with Crippen LogP contribution in [0.4, 0.5) is 0 Å². The van der Waals surface area contributed by atoms with Gasteiger partial charge in [-0.25, -0.2) is 37.9 Å². The van der Waals surface area contributed by atoms with E-state index in [1.54, 1.807) is 86.6 Å². The number of rotatable bonds is 36. The number of aliphatic hydroxyl groups is 2. The largest absolute Gasteiger partial charge is 0.475 e. The van der Waals surface area contributed by atoms with Gasteiger partial charge in [-0.15, -0.1) is 0 Å². The van der Waals surface area contributed by atoms with Crippen molar-refractivity contribution in [1.82, 2.24) is 0 Å². The molecule has 8 rings (SSSR count). The van der Waals surface area contributed by atoms with Crippen LogP contribution in [0.25, 0.3) is 0 Å². The minimum atomic E-state index is -4.85. The van der Waals surface area contributed by atoms with Crippen LogP contribution in [0.2, 0.25) is 0 Å². The molecule has 0 saturated heterocycles. The first kappa shape index (κ1) is 88.3. The van der Waals surface area contributed by atoms with Crippen molar-refractivity contribution in [3.05, 3.63) is 296 Å². The van der Waals surface area contributed by atoms with E-state index < -0.39 is 160 Å². The molecule has 0 fully saturated rings. The maximum atomic E-state index is 14.4. The highest BCUT2D eigenvalue weighted by molar-refractivity contribution is 7.48. The Hall–Kier alpha value is -11.2. The van der Waals surface area contributed by atoms with E-state index in [-0.39, 0.29) is 47.9 Å². The van der Waals surface area contributed by atoms with Crippen molar-refractivity contribution in [2.24, 2.45) is 10.8 Å². The number of hydrogen-bond acceptors (Lipinski definition) is 26. The lowest BCUT2D eigenvalue weighted by Gasteiger charge is -2.37. The Morgan fingerprint density at radius 3 is 1.09 bits per heavy atom. The standard InChI is InChI=1S/C86H88N2O24P2/c1-55(31-25-33-57(3)43-45-65-59(5)71(91)69(51-85(65,7)8)111-113(99,101-49-27-47-87)103-53-67(89)73-75(107-79(93)61-35-15-11-16-36-61)77(83(97)105-73)109-81(95)63-39-19-13-20-40-63)29-23-24-30-56(2)32-26-34-58(4)44-46-66-60(6)72(92)70(52-86(66,9)10)112-114(100,102-50-28-48-88)104-54-68(90)74-76(108-80(94)62-37-17-12-18-38-62)78(84(98)106-74)110-82(96)64-41-21-14-22-42-64/h11-26,29-46,67-70,73-74,89-90H,27-28,49-54H2,1-10H3/b24-23+,31-25+,32-26+,45-43+,46-44+,55-29+,56-30+,57-33+,58-34+/t67-,68-,69?,70?,73+,74+,113?,114?/m0/s1. The second-order valence-electron chi connectivity index (χ2n) is 27.7. The molecule has 4 aromatic rings. The molecular weight excluding hydrogens is 1510 g/mol. The third-order valence-electron chi connectivity index (χ3n) is 17.9. The van der Waals surface area contributed by atoms with Crippen LogP contribution in [0, 0.1) is 33.5 Å². The molecule has 114 heavy (non-hydrogen) atoms. The molecule has 0 bridgehead atoms. The van der Waals surface area contributed by atoms with Gasteiger partial charge in [-0.3, -0.25) is 36.7 Å². The van der Waals surface area contributed by atoms with Gasteiger partial charge in [0.1, 0.15) is 24.4 Å². The first-order valence-electron chi connectivity index (χ1n) is 36.1. The van der Waals surface area contributed by atoms with Gasteiger partial charge in [0.25, 0.3) is 11.5 Å². The highest BCUT2D eigenvalue weighted by Crippen LogP contribution is 2.56. The zero-order chi connectivity index (χ0) is 82.9. The molecule has 28 heteroatoms. The van der Waals surface area contributed by atoms with E-state index in [0.29, 0.717) is 22.3 Å². The molecule has 4 unspecified atom stereocenters. The predicted molar refractivity (Wildman–Crippen MR) is 415 cm³/mol. The van der Waals surface area contributed by atoms with Crippen molar-refractivity contribution >= 4 is 63.0 Å². The Kier molecular flexibility index (Phi) is 31.8. The first-order chi connectivity index (χ1) is 54.3. The van der Waals surface area contributed by atoms with E-state index in [4.69, 9.17) is 55.6 Å². The molecule has 0 saturated carbocycles. The molecule has 0 spiro atoms. The first-order valence-corrected chi connectivity index (χ1v) is 39.0. The molecule has 4 aromatic carbocycles. The lowest BCUT2D eigenvalue weighted by Crippen LogP contribution is -2.38. The zero-order valence-electron chi connectivity index (χ0n) is 64.4. The normalized spacial score (nSPS) is 20.6. The minimum Gasteiger partial charge on any atom is -0.445 e. The third kappa shape index (κ3) is 24.6. The zero-order valence-corrected chi connectivity index (χ0v) is 66.2. The smallest absolute Gasteiger partial charge is 0.445 e. The molecule has 0 aromatic heterocycles. The molecule has 2 aliphatic carbocycles.